The van der Waals surface area contributed by atoms with Crippen molar-refractivity contribution >= 4 is 17.2 Å². The molecule has 0 heterocycles. The lowest BCUT2D eigenvalue weighted by Crippen LogP contribution is -2.10. The van der Waals surface area contributed by atoms with E-state index in [0.717, 1.165) is 6.42 Å². The van der Waals surface area contributed by atoms with Crippen LogP contribution in [-0.2, 0) is 11.3 Å². The summed E-state index contributed by atoms with van der Waals surface area (Å²) in [7, 11) is 0. The third-order valence-electron chi connectivity index (χ3n) is 2.98. The molecule has 0 aliphatic heterocycles. The molecule has 0 saturated carbocycles. The van der Waals surface area contributed by atoms with Crippen molar-refractivity contribution in [2.45, 2.75) is 45.6 Å². The van der Waals surface area contributed by atoms with Gasteiger partial charge >= 0.3 is 0 Å². The van der Waals surface area contributed by atoms with Crippen molar-refractivity contribution in [3.05, 3.63) is 35.1 Å². The average Bonchev–Trinajstić information content (AvgIpc) is 2.39. The van der Waals surface area contributed by atoms with Gasteiger partial charge in [-0.05, 0) is 24.6 Å². The molecule has 1 aromatic carbocycles. The number of unbranched alkanes of at least 4 members (excludes halogenated alkanes) is 4. The molecule has 2 nitrogen and oxygen atoms in total. The highest BCUT2D eigenvalue weighted by Crippen LogP contribution is 2.12. The summed E-state index contributed by atoms with van der Waals surface area (Å²) in [6.45, 7) is 3.13. The second-order valence-corrected chi connectivity index (χ2v) is 5.08. The van der Waals surface area contributed by atoms with Crippen LogP contribution in [0.2, 0.25) is 0 Å². The highest BCUT2D eigenvalue weighted by atomic mass is 32.1. The van der Waals surface area contributed by atoms with Gasteiger partial charge in [-0.1, -0.05) is 44.8 Å². The van der Waals surface area contributed by atoms with Crippen LogP contribution in [0.4, 0.5) is 4.39 Å². The predicted octanol–water partition coefficient (Wildman–Crippen LogP) is 3.95. The van der Waals surface area contributed by atoms with Crippen LogP contribution in [0, 0.1) is 5.82 Å². The maximum Gasteiger partial charge on any atom is 0.128 e. The second kappa shape index (κ2) is 8.99. The van der Waals surface area contributed by atoms with Gasteiger partial charge in [0.05, 0.1) is 6.61 Å². The number of halogens is 1. The molecular formula is C15H22FNOS. The maximum atomic E-state index is 13.5. The molecular weight excluding hydrogens is 261 g/mol. The zero-order valence-corrected chi connectivity index (χ0v) is 12.3. The second-order valence-electron chi connectivity index (χ2n) is 4.64. The van der Waals surface area contributed by atoms with Crippen LogP contribution in [0.15, 0.2) is 18.2 Å². The Morgan fingerprint density at radius 1 is 1.26 bits per heavy atom. The Morgan fingerprint density at radius 2 is 2.00 bits per heavy atom. The molecule has 1 rings (SSSR count). The first kappa shape index (κ1) is 16.1. The molecule has 0 aliphatic rings. The van der Waals surface area contributed by atoms with Crippen LogP contribution >= 0.6 is 12.2 Å². The smallest absolute Gasteiger partial charge is 0.128 e. The number of thiocarbonyl (C=S) groups is 1. The minimum absolute atomic E-state index is 0.272. The summed E-state index contributed by atoms with van der Waals surface area (Å²) >= 11 is 4.87. The number of nitrogens with two attached hydrogens (primary N) is 1. The van der Waals surface area contributed by atoms with Crippen LogP contribution in [-0.4, -0.2) is 11.6 Å². The van der Waals surface area contributed by atoms with Gasteiger partial charge in [-0.3, -0.25) is 0 Å². The normalized spacial score (nSPS) is 10.6. The summed E-state index contributed by atoms with van der Waals surface area (Å²) in [4.78, 5) is 0.279. The fourth-order valence-electron chi connectivity index (χ4n) is 1.83. The van der Waals surface area contributed by atoms with Gasteiger partial charge in [0.1, 0.15) is 10.8 Å². The van der Waals surface area contributed by atoms with Crippen molar-refractivity contribution < 1.29 is 9.13 Å². The number of rotatable bonds is 9. The van der Waals surface area contributed by atoms with E-state index in [1.54, 1.807) is 12.1 Å². The van der Waals surface area contributed by atoms with Gasteiger partial charge in [-0.2, -0.15) is 0 Å². The van der Waals surface area contributed by atoms with Crippen molar-refractivity contribution in [1.82, 2.24) is 0 Å². The highest BCUT2D eigenvalue weighted by molar-refractivity contribution is 7.80. The van der Waals surface area contributed by atoms with E-state index in [1.807, 2.05) is 0 Å². The quantitative estimate of drug-likeness (QED) is 0.550. The van der Waals surface area contributed by atoms with Gasteiger partial charge < -0.3 is 10.5 Å². The Balaban J connectivity index is 2.32. The molecule has 0 atom stereocenters. The first-order valence-electron chi connectivity index (χ1n) is 6.81. The predicted molar refractivity (Wildman–Crippen MR) is 80.7 cm³/mol. The fourth-order valence-corrected chi connectivity index (χ4v) is 1.96. The van der Waals surface area contributed by atoms with Crippen molar-refractivity contribution in [3.8, 4) is 0 Å². The number of benzene rings is 1. The maximum absolute atomic E-state index is 13.5. The highest BCUT2D eigenvalue weighted by Gasteiger charge is 2.05. The first-order chi connectivity index (χ1) is 9.15. The van der Waals surface area contributed by atoms with Crippen molar-refractivity contribution in [3.63, 3.8) is 0 Å². The summed E-state index contributed by atoms with van der Waals surface area (Å²) in [5.41, 5.74) is 6.72. The third kappa shape index (κ3) is 6.12. The van der Waals surface area contributed by atoms with E-state index >= 15 is 0 Å². The molecule has 106 valence electrons. The van der Waals surface area contributed by atoms with E-state index in [0.29, 0.717) is 17.7 Å². The molecule has 0 spiro atoms. The Morgan fingerprint density at radius 3 is 2.68 bits per heavy atom. The van der Waals surface area contributed by atoms with Gasteiger partial charge in [0.25, 0.3) is 0 Å². The topological polar surface area (TPSA) is 35.2 Å². The van der Waals surface area contributed by atoms with E-state index in [-0.39, 0.29) is 17.4 Å². The van der Waals surface area contributed by atoms with E-state index < -0.39 is 0 Å². The Kier molecular flexibility index (Phi) is 7.60. The number of hydrogen-bond donors (Lipinski definition) is 1. The van der Waals surface area contributed by atoms with Gasteiger partial charge in [-0.15, -0.1) is 0 Å². The van der Waals surface area contributed by atoms with E-state index in [1.165, 1.54) is 31.7 Å². The van der Waals surface area contributed by atoms with Crippen LogP contribution < -0.4 is 5.73 Å². The van der Waals surface area contributed by atoms with Crippen molar-refractivity contribution in [1.29, 1.82) is 0 Å². The molecule has 4 heteroatoms. The molecule has 0 unspecified atom stereocenters. The molecule has 1 aromatic rings. The zero-order chi connectivity index (χ0) is 14.1. The summed E-state index contributed by atoms with van der Waals surface area (Å²) < 4.78 is 19.0. The Labute approximate surface area is 120 Å². The average molecular weight is 283 g/mol. The summed E-state index contributed by atoms with van der Waals surface area (Å²) in [6, 6.07) is 4.63. The molecule has 0 fully saturated rings. The fraction of sp³-hybridized carbons (Fsp3) is 0.533. The van der Waals surface area contributed by atoms with Crippen molar-refractivity contribution in [2.24, 2.45) is 5.73 Å². The van der Waals surface area contributed by atoms with Gasteiger partial charge in [-0.25, -0.2) is 4.39 Å². The van der Waals surface area contributed by atoms with E-state index in [2.05, 4.69) is 6.92 Å². The van der Waals surface area contributed by atoms with Crippen LogP contribution in [0.3, 0.4) is 0 Å². The third-order valence-corrected chi connectivity index (χ3v) is 3.22. The monoisotopic (exact) mass is 283 g/mol. The number of hydrogen-bond acceptors (Lipinski definition) is 2. The minimum atomic E-state index is -0.272. The molecule has 0 saturated heterocycles. The van der Waals surface area contributed by atoms with Gasteiger partial charge in [0, 0.05) is 17.7 Å². The van der Waals surface area contributed by atoms with E-state index in [4.69, 9.17) is 22.7 Å². The summed E-state index contributed by atoms with van der Waals surface area (Å²) in [6.07, 6.45) is 5.94. The minimum Gasteiger partial charge on any atom is -0.389 e. The Hall–Kier alpha value is -1.00. The molecule has 2 N–H and O–H groups in total. The lowest BCUT2D eigenvalue weighted by Gasteiger charge is -2.07. The Bertz CT molecular complexity index is 409. The zero-order valence-electron chi connectivity index (χ0n) is 11.5. The van der Waals surface area contributed by atoms with E-state index in [9.17, 15) is 4.39 Å². The number of ether oxygens (including phenoxy) is 1. The molecule has 0 aromatic heterocycles. The van der Waals surface area contributed by atoms with Crippen LogP contribution in [0.1, 0.15) is 50.2 Å². The lowest BCUT2D eigenvalue weighted by molar-refractivity contribution is 0.114. The van der Waals surface area contributed by atoms with Gasteiger partial charge in [0.15, 0.2) is 0 Å². The molecule has 0 radical (unpaired) electrons. The largest absolute Gasteiger partial charge is 0.389 e. The summed E-state index contributed by atoms with van der Waals surface area (Å²) in [5, 5.41) is 0. The summed E-state index contributed by atoms with van der Waals surface area (Å²) in [5.74, 6) is -0.272. The first-order valence-corrected chi connectivity index (χ1v) is 7.22. The molecule has 0 amide bonds. The molecule has 19 heavy (non-hydrogen) atoms. The molecule has 0 aliphatic carbocycles. The SMILES string of the molecule is CCCCCCCOCc1cc(C(N)=S)ccc1F. The van der Waals surface area contributed by atoms with Crippen LogP contribution in [0.25, 0.3) is 0 Å². The van der Waals surface area contributed by atoms with Crippen molar-refractivity contribution in [2.75, 3.05) is 6.61 Å². The van der Waals surface area contributed by atoms with Gasteiger partial charge in [0.2, 0.25) is 0 Å². The lowest BCUT2D eigenvalue weighted by atomic mass is 10.1. The molecule has 0 bridgehead atoms. The standard InChI is InChI=1S/C15H22FNOS/c1-2-3-4-5-6-9-18-11-13-10-12(15(17)19)7-8-14(13)16/h7-8,10H,2-6,9,11H2,1H3,(H2,17,19). The van der Waals surface area contributed by atoms with Crippen LogP contribution in [0.5, 0.6) is 0 Å².